The first-order valence-corrected chi connectivity index (χ1v) is 25.4. The van der Waals surface area contributed by atoms with Crippen molar-refractivity contribution in [1.82, 2.24) is 30.0 Å². The molecule has 1 atom stereocenters. The van der Waals surface area contributed by atoms with Gasteiger partial charge in [0.15, 0.2) is 0 Å². The summed E-state index contributed by atoms with van der Waals surface area (Å²) in [6.07, 6.45) is 4.72. The zero-order valence-corrected chi connectivity index (χ0v) is 41.8. The Morgan fingerprint density at radius 3 is 1.89 bits per heavy atom. The van der Waals surface area contributed by atoms with E-state index in [1.54, 1.807) is 35.2 Å². The van der Waals surface area contributed by atoms with Crippen LogP contribution in [0.3, 0.4) is 0 Å². The number of nitrogens with zero attached hydrogens (tertiary/aromatic N) is 6. The number of piperidine rings is 2. The molecule has 0 spiro atoms. The van der Waals surface area contributed by atoms with E-state index < -0.39 is 29.7 Å². The second kappa shape index (κ2) is 27.2. The molecule has 4 aliphatic heterocycles. The fraction of sp³-hybridized carbons (Fsp3) is 0.453. The summed E-state index contributed by atoms with van der Waals surface area (Å²) < 4.78 is 33.5. The number of fused-ring (bicyclic) bond motifs is 1. The summed E-state index contributed by atoms with van der Waals surface area (Å²) in [6, 6.07) is 20.8. The van der Waals surface area contributed by atoms with Gasteiger partial charge in [0.1, 0.15) is 11.8 Å². The Balaban J connectivity index is 0.590. The molecule has 1 unspecified atom stereocenters. The molecule has 3 saturated heterocycles. The lowest BCUT2D eigenvalue weighted by Crippen LogP contribution is -2.54. The number of nitrogens with one attached hydrogen (secondary N) is 3. The number of rotatable bonds is 26. The SMILES string of the molecule is O=C1CCC(N2C(=O)c3cccc(NCCOCCOCCOCCOCCOCCC(=O)N4CCN(C(=O)C5CCN(c6ccc(NC(=O)c7cnc(Oc8ccccc8)nc7)cc6)CC5)CC4)c3C2=O)C(=O)N1. The van der Waals surface area contributed by atoms with Crippen molar-refractivity contribution in [3.05, 3.63) is 102 Å². The molecule has 22 nitrogen and oxygen atoms in total. The van der Waals surface area contributed by atoms with Crippen molar-refractivity contribution >= 4 is 58.4 Å². The van der Waals surface area contributed by atoms with E-state index in [-0.39, 0.29) is 66.6 Å². The van der Waals surface area contributed by atoms with Crippen molar-refractivity contribution < 1.29 is 62.0 Å². The molecular weight excluding hydrogens is 971 g/mol. The molecule has 3 aromatic carbocycles. The Morgan fingerprint density at radius 2 is 1.25 bits per heavy atom. The average molecular weight is 1030 g/mol. The van der Waals surface area contributed by atoms with E-state index in [0.29, 0.717) is 115 Å². The van der Waals surface area contributed by atoms with Gasteiger partial charge in [-0.15, -0.1) is 0 Å². The van der Waals surface area contributed by atoms with E-state index in [4.69, 9.17) is 28.4 Å². The molecule has 3 N–H and O–H groups in total. The molecule has 1 aromatic heterocycles. The lowest BCUT2D eigenvalue weighted by Gasteiger charge is -2.39. The van der Waals surface area contributed by atoms with Crippen LogP contribution in [0.2, 0.25) is 0 Å². The van der Waals surface area contributed by atoms with Crippen molar-refractivity contribution in [1.29, 1.82) is 0 Å². The van der Waals surface area contributed by atoms with Crippen LogP contribution in [0.4, 0.5) is 17.1 Å². The summed E-state index contributed by atoms with van der Waals surface area (Å²) in [5, 5.41) is 8.21. The molecule has 0 aliphatic carbocycles. The van der Waals surface area contributed by atoms with Gasteiger partial charge in [0.25, 0.3) is 17.7 Å². The quantitative estimate of drug-likeness (QED) is 0.0602. The number of imide groups is 2. The van der Waals surface area contributed by atoms with Crippen LogP contribution in [-0.2, 0) is 42.9 Å². The van der Waals surface area contributed by atoms with Crippen LogP contribution < -0.4 is 25.6 Å². The van der Waals surface area contributed by atoms with Gasteiger partial charge in [-0.2, -0.15) is 0 Å². The standard InChI is InChI=1S/C53H63N9O13/c63-45-14-13-44(49(66)58-45)62-51(68)42-7-4-8-43(47(42)52(62)69)54-18-26-71-28-30-73-32-34-74-33-31-72-29-27-70-25-17-46(64)60-21-23-61(24-22-60)50(67)37-15-19-59(20-16-37)40-11-9-39(10-12-40)57-48(65)38-35-55-53(56-36-38)75-41-5-2-1-3-6-41/h1-12,35-37,44,54H,13-34H2,(H,57,65)(H,58,63,66). The lowest BCUT2D eigenvalue weighted by molar-refractivity contribution is -0.143. The molecule has 0 bridgehead atoms. The maximum atomic E-state index is 13.5. The summed E-state index contributed by atoms with van der Waals surface area (Å²) in [4.78, 5) is 105. The molecule has 22 heteroatoms. The Kier molecular flexibility index (Phi) is 19.6. The minimum absolute atomic E-state index is 0.00503. The third-order valence-corrected chi connectivity index (χ3v) is 13.1. The largest absolute Gasteiger partial charge is 0.424 e. The number of ether oxygens (including phenoxy) is 6. The van der Waals surface area contributed by atoms with E-state index in [2.05, 4.69) is 30.8 Å². The highest BCUT2D eigenvalue weighted by Gasteiger charge is 2.45. The van der Waals surface area contributed by atoms with Gasteiger partial charge in [0, 0.05) is 87.6 Å². The minimum Gasteiger partial charge on any atom is -0.424 e. The highest BCUT2D eigenvalue weighted by molar-refractivity contribution is 6.25. The summed E-state index contributed by atoms with van der Waals surface area (Å²) in [7, 11) is 0. The Labute approximate surface area is 434 Å². The molecule has 3 fully saturated rings. The zero-order chi connectivity index (χ0) is 52.4. The molecular formula is C53H63N9O13. The fourth-order valence-corrected chi connectivity index (χ4v) is 9.08. The zero-order valence-electron chi connectivity index (χ0n) is 41.8. The van der Waals surface area contributed by atoms with Crippen molar-refractivity contribution in [2.24, 2.45) is 5.92 Å². The molecule has 4 aliphatic rings. The van der Waals surface area contributed by atoms with E-state index >= 15 is 0 Å². The van der Waals surface area contributed by atoms with Crippen molar-refractivity contribution in [3.8, 4) is 11.8 Å². The summed E-state index contributed by atoms with van der Waals surface area (Å²) >= 11 is 0. The number of anilines is 3. The molecule has 7 amide bonds. The number of carbonyl (C=O) groups is 7. The van der Waals surface area contributed by atoms with E-state index in [1.165, 1.54) is 12.4 Å². The average Bonchev–Trinajstić information content (AvgIpc) is 3.69. The number of carbonyl (C=O) groups excluding carboxylic acids is 7. The number of piperazine rings is 1. The summed E-state index contributed by atoms with van der Waals surface area (Å²) in [5.74, 6) is -1.86. The summed E-state index contributed by atoms with van der Waals surface area (Å²) in [6.45, 7) is 7.43. The second-order valence-electron chi connectivity index (χ2n) is 18.1. The Bertz CT molecular complexity index is 2590. The number of aromatic nitrogens is 2. The van der Waals surface area contributed by atoms with E-state index in [1.807, 2.05) is 47.4 Å². The molecule has 8 rings (SSSR count). The van der Waals surface area contributed by atoms with Crippen LogP contribution in [0.25, 0.3) is 0 Å². The normalized spacial score (nSPS) is 17.0. The van der Waals surface area contributed by atoms with Gasteiger partial charge in [-0.3, -0.25) is 43.8 Å². The number of amides is 7. The van der Waals surface area contributed by atoms with Gasteiger partial charge in [0.2, 0.25) is 23.6 Å². The van der Waals surface area contributed by atoms with Crippen LogP contribution in [0.1, 0.15) is 63.2 Å². The molecule has 398 valence electrons. The fourth-order valence-electron chi connectivity index (χ4n) is 9.08. The minimum atomic E-state index is -1.03. The van der Waals surface area contributed by atoms with E-state index in [9.17, 15) is 33.6 Å². The monoisotopic (exact) mass is 1030 g/mol. The maximum absolute atomic E-state index is 13.5. The van der Waals surface area contributed by atoms with Crippen molar-refractivity contribution in [2.75, 3.05) is 127 Å². The molecule has 4 aromatic rings. The molecule has 75 heavy (non-hydrogen) atoms. The van der Waals surface area contributed by atoms with Gasteiger partial charge >= 0.3 is 6.01 Å². The van der Waals surface area contributed by atoms with Gasteiger partial charge in [0.05, 0.1) is 89.2 Å². The highest BCUT2D eigenvalue weighted by Crippen LogP contribution is 2.33. The van der Waals surface area contributed by atoms with Crippen LogP contribution in [0, 0.1) is 5.92 Å². The first kappa shape index (κ1) is 53.9. The van der Waals surface area contributed by atoms with Crippen molar-refractivity contribution in [2.45, 2.75) is 38.1 Å². The topological polar surface area (TPSA) is 250 Å². The second-order valence-corrected chi connectivity index (χ2v) is 18.1. The van der Waals surface area contributed by atoms with Gasteiger partial charge in [-0.05, 0) is 67.8 Å². The number of para-hydroxylation sites is 1. The first-order valence-electron chi connectivity index (χ1n) is 25.4. The van der Waals surface area contributed by atoms with Gasteiger partial charge in [-0.1, -0.05) is 24.3 Å². The smallest absolute Gasteiger partial charge is 0.321 e. The maximum Gasteiger partial charge on any atom is 0.321 e. The lowest BCUT2D eigenvalue weighted by atomic mass is 9.94. The predicted molar refractivity (Wildman–Crippen MR) is 271 cm³/mol. The number of benzene rings is 3. The van der Waals surface area contributed by atoms with Crippen LogP contribution in [0.15, 0.2) is 85.2 Å². The van der Waals surface area contributed by atoms with Gasteiger partial charge in [-0.25, -0.2) is 9.97 Å². The van der Waals surface area contributed by atoms with Crippen LogP contribution in [-0.4, -0.2) is 184 Å². The van der Waals surface area contributed by atoms with Crippen molar-refractivity contribution in [3.63, 3.8) is 0 Å². The third-order valence-electron chi connectivity index (χ3n) is 13.1. The first-order chi connectivity index (χ1) is 36.6. The number of hydrogen-bond acceptors (Lipinski definition) is 17. The molecule has 0 saturated carbocycles. The molecule has 5 heterocycles. The van der Waals surface area contributed by atoms with Gasteiger partial charge < -0.3 is 53.8 Å². The highest BCUT2D eigenvalue weighted by atomic mass is 16.6. The number of hydrogen-bond donors (Lipinski definition) is 3. The van der Waals surface area contributed by atoms with Crippen LogP contribution in [0.5, 0.6) is 11.8 Å². The summed E-state index contributed by atoms with van der Waals surface area (Å²) in [5.41, 5.74) is 2.82. The Hall–Kier alpha value is -7.37. The Morgan fingerprint density at radius 1 is 0.640 bits per heavy atom. The van der Waals surface area contributed by atoms with E-state index in [0.717, 1.165) is 36.5 Å². The van der Waals surface area contributed by atoms with Crippen LogP contribution >= 0.6 is 0 Å². The third kappa shape index (κ3) is 14.9. The molecule has 0 radical (unpaired) electrons. The predicted octanol–water partition coefficient (Wildman–Crippen LogP) is 3.39.